The van der Waals surface area contributed by atoms with Gasteiger partial charge in [-0.05, 0) is 61.7 Å². The Hall–Kier alpha value is -3.45. The van der Waals surface area contributed by atoms with E-state index in [0.29, 0.717) is 12.0 Å². The lowest BCUT2D eigenvalue weighted by molar-refractivity contribution is -0.141. The summed E-state index contributed by atoms with van der Waals surface area (Å²) in [5.74, 6) is -3.44. The van der Waals surface area contributed by atoms with Crippen molar-refractivity contribution in [2.45, 2.75) is 99.1 Å². The topological polar surface area (TPSA) is 101 Å². The van der Waals surface area contributed by atoms with Gasteiger partial charge in [-0.2, -0.15) is 0 Å². The summed E-state index contributed by atoms with van der Waals surface area (Å²) >= 11 is 0. The quantitative estimate of drug-likeness (QED) is 0.173. The highest BCUT2D eigenvalue weighted by Crippen LogP contribution is 2.30. The van der Waals surface area contributed by atoms with Gasteiger partial charge >= 0.3 is 0 Å². The van der Waals surface area contributed by atoms with Crippen LogP contribution in [0, 0.1) is 23.2 Å². The fraction of sp³-hybridized carbons (Fsp3) is 0.553. The molecule has 1 heterocycles. The first-order valence-corrected chi connectivity index (χ1v) is 16.5. The van der Waals surface area contributed by atoms with Crippen LogP contribution in [0.4, 0.5) is 0 Å². The van der Waals surface area contributed by atoms with Gasteiger partial charge in [0.05, 0.1) is 12.0 Å². The number of carbonyl (C=O) groups is 5. The van der Waals surface area contributed by atoms with Gasteiger partial charge in [-0.1, -0.05) is 95.6 Å². The summed E-state index contributed by atoms with van der Waals surface area (Å²) < 4.78 is 0. The molecule has 1 saturated heterocycles. The highest BCUT2D eigenvalue weighted by atomic mass is 16.2. The molecule has 3 atom stereocenters. The molecular formula is C38H52N2O5. The lowest BCUT2D eigenvalue weighted by Crippen LogP contribution is -2.46. The smallest absolute Gasteiger partial charge is 0.224 e. The second-order valence-electron chi connectivity index (χ2n) is 14.1. The van der Waals surface area contributed by atoms with E-state index in [4.69, 9.17) is 0 Å². The van der Waals surface area contributed by atoms with Gasteiger partial charge in [0.15, 0.2) is 17.3 Å². The molecule has 7 heteroatoms. The Kier molecular flexibility index (Phi) is 13.4. The highest BCUT2D eigenvalue weighted by Gasteiger charge is 2.36. The van der Waals surface area contributed by atoms with Crippen molar-refractivity contribution in [2.24, 2.45) is 23.2 Å². The third kappa shape index (κ3) is 11.1. The molecule has 1 amide bonds. The Balaban J connectivity index is 1.54. The molecule has 1 fully saturated rings. The van der Waals surface area contributed by atoms with Crippen LogP contribution < -0.4 is 5.32 Å². The van der Waals surface area contributed by atoms with Crippen LogP contribution in [0.1, 0.15) is 102 Å². The molecule has 0 spiro atoms. The van der Waals surface area contributed by atoms with Gasteiger partial charge in [0.25, 0.3) is 0 Å². The van der Waals surface area contributed by atoms with Crippen molar-refractivity contribution in [1.29, 1.82) is 0 Å². The fourth-order valence-corrected chi connectivity index (χ4v) is 5.91. The van der Waals surface area contributed by atoms with Crippen LogP contribution in [0.5, 0.6) is 0 Å². The van der Waals surface area contributed by atoms with E-state index in [9.17, 15) is 24.0 Å². The molecule has 244 valence electrons. The van der Waals surface area contributed by atoms with Crippen molar-refractivity contribution < 1.29 is 24.0 Å². The van der Waals surface area contributed by atoms with E-state index in [1.54, 1.807) is 31.2 Å². The molecule has 1 aliphatic heterocycles. The zero-order valence-electron chi connectivity index (χ0n) is 28.1. The summed E-state index contributed by atoms with van der Waals surface area (Å²) in [6.07, 6.45) is 4.26. The van der Waals surface area contributed by atoms with Crippen LogP contribution in [0.2, 0.25) is 0 Å². The Labute approximate surface area is 269 Å². The number of Topliss-reactive ketones (excluding diaryl/α,β-unsaturated/α-hetero) is 4. The van der Waals surface area contributed by atoms with E-state index in [1.807, 2.05) is 52.8 Å². The molecule has 0 saturated carbocycles. The van der Waals surface area contributed by atoms with Crippen LogP contribution >= 0.6 is 0 Å². The summed E-state index contributed by atoms with van der Waals surface area (Å²) in [4.78, 5) is 68.1. The molecule has 7 nitrogen and oxygen atoms in total. The average Bonchev–Trinajstić information content (AvgIpc) is 3.01. The van der Waals surface area contributed by atoms with Gasteiger partial charge in [0.1, 0.15) is 0 Å². The summed E-state index contributed by atoms with van der Waals surface area (Å²) in [7, 11) is 0. The van der Waals surface area contributed by atoms with Gasteiger partial charge in [0, 0.05) is 37.3 Å². The number of amides is 1. The van der Waals surface area contributed by atoms with Crippen LogP contribution in [-0.4, -0.2) is 53.1 Å². The van der Waals surface area contributed by atoms with Gasteiger partial charge < -0.3 is 5.32 Å². The van der Waals surface area contributed by atoms with Gasteiger partial charge in [-0.25, -0.2) is 0 Å². The van der Waals surface area contributed by atoms with Crippen molar-refractivity contribution in [3.05, 3.63) is 71.3 Å². The molecule has 45 heavy (non-hydrogen) atoms. The van der Waals surface area contributed by atoms with Crippen molar-refractivity contribution in [3.63, 3.8) is 0 Å². The highest BCUT2D eigenvalue weighted by molar-refractivity contribution is 6.38. The minimum Gasteiger partial charge on any atom is -0.346 e. The van der Waals surface area contributed by atoms with Gasteiger partial charge in [-0.15, -0.1) is 0 Å². The van der Waals surface area contributed by atoms with Crippen molar-refractivity contribution >= 4 is 29.0 Å². The van der Waals surface area contributed by atoms with Crippen LogP contribution in [0.25, 0.3) is 0 Å². The number of hydrogen-bond donors (Lipinski definition) is 1. The van der Waals surface area contributed by atoms with E-state index in [1.165, 1.54) is 24.8 Å². The number of rotatable bonds is 16. The molecule has 0 unspecified atom stereocenters. The van der Waals surface area contributed by atoms with E-state index in [0.717, 1.165) is 25.2 Å². The van der Waals surface area contributed by atoms with Crippen molar-refractivity contribution in [1.82, 2.24) is 10.2 Å². The number of nitrogens with one attached hydrogen (secondary N) is 1. The van der Waals surface area contributed by atoms with Crippen molar-refractivity contribution in [2.75, 3.05) is 13.1 Å². The largest absolute Gasteiger partial charge is 0.346 e. The number of likely N-dealkylation sites (tertiary alicyclic amines) is 1. The molecule has 0 bridgehead atoms. The Morgan fingerprint density at radius 3 is 1.98 bits per heavy atom. The van der Waals surface area contributed by atoms with Crippen LogP contribution in [0.3, 0.4) is 0 Å². The van der Waals surface area contributed by atoms with E-state index < -0.39 is 34.9 Å². The average molecular weight is 617 g/mol. The third-order valence-electron chi connectivity index (χ3n) is 9.04. The summed E-state index contributed by atoms with van der Waals surface area (Å²) in [5, 5.41) is 2.79. The maximum atomic E-state index is 13.3. The maximum absolute atomic E-state index is 13.3. The minimum absolute atomic E-state index is 0.0169. The summed E-state index contributed by atoms with van der Waals surface area (Å²) in [6.45, 7) is 14.1. The van der Waals surface area contributed by atoms with Crippen molar-refractivity contribution in [3.8, 4) is 0 Å². The minimum atomic E-state index is -0.859. The Morgan fingerprint density at radius 2 is 1.40 bits per heavy atom. The SMILES string of the molecule is CC(C)[C@H](CC(=O)[C@H](C)NC(=O)[C@@H](CC(=O)c1ccccc1)C(C)(C)C)C(=O)C(=O)CCc1ccc(CN2CCCCC2)cc1. The maximum Gasteiger partial charge on any atom is 0.224 e. The molecule has 0 aliphatic carbocycles. The molecule has 1 N–H and O–H groups in total. The monoisotopic (exact) mass is 616 g/mol. The normalized spacial score (nSPS) is 16.1. The number of piperidine rings is 1. The molecule has 2 aromatic carbocycles. The zero-order chi connectivity index (χ0) is 33.1. The number of aryl methyl sites for hydroxylation is 1. The zero-order valence-corrected chi connectivity index (χ0v) is 28.1. The van der Waals surface area contributed by atoms with Gasteiger partial charge in [0.2, 0.25) is 11.7 Å². The second kappa shape index (κ2) is 16.7. The molecular weight excluding hydrogens is 564 g/mol. The second-order valence-corrected chi connectivity index (χ2v) is 14.1. The predicted octanol–water partition coefficient (Wildman–Crippen LogP) is 6.41. The molecule has 0 radical (unpaired) electrons. The lowest BCUT2D eigenvalue weighted by Gasteiger charge is -2.30. The lowest BCUT2D eigenvalue weighted by atomic mass is 9.76. The van der Waals surface area contributed by atoms with E-state index in [2.05, 4.69) is 22.3 Å². The molecule has 0 aromatic heterocycles. The fourth-order valence-electron chi connectivity index (χ4n) is 5.91. The van der Waals surface area contributed by atoms with E-state index in [-0.39, 0.29) is 42.7 Å². The summed E-state index contributed by atoms with van der Waals surface area (Å²) in [5.41, 5.74) is 2.27. The Bertz CT molecular complexity index is 1300. The third-order valence-corrected chi connectivity index (χ3v) is 9.04. The number of hydrogen-bond acceptors (Lipinski definition) is 6. The van der Waals surface area contributed by atoms with E-state index >= 15 is 0 Å². The first-order valence-electron chi connectivity index (χ1n) is 16.5. The Morgan fingerprint density at radius 1 is 0.800 bits per heavy atom. The standard InChI is InChI=1S/C38H52N2O5/c1-26(2)31(36(44)33(41)20-19-28-15-17-29(18-16-28)25-40-21-11-8-12-22-40)23-34(42)27(3)39-37(45)32(38(4,5)6)24-35(43)30-13-9-7-10-14-30/h7,9-10,13-18,26-27,31-32H,8,11-12,19-25H2,1-6H3,(H,39,45)/t27-,31-,32+/m0/s1. The van der Waals surface area contributed by atoms with Crippen LogP contribution in [0.15, 0.2) is 54.6 Å². The van der Waals surface area contributed by atoms with Gasteiger partial charge in [-0.3, -0.25) is 28.9 Å². The summed E-state index contributed by atoms with van der Waals surface area (Å²) in [6, 6.07) is 16.3. The number of nitrogens with zero attached hydrogens (tertiary/aromatic N) is 1. The first-order chi connectivity index (χ1) is 21.3. The molecule has 2 aromatic rings. The molecule has 1 aliphatic rings. The predicted molar refractivity (Wildman–Crippen MR) is 178 cm³/mol. The number of benzene rings is 2. The number of ketones is 4. The first kappa shape index (κ1) is 36.0. The molecule has 3 rings (SSSR count). The van der Waals surface area contributed by atoms with Crippen LogP contribution in [-0.2, 0) is 32.1 Å². The number of carbonyl (C=O) groups excluding carboxylic acids is 5.